The van der Waals surface area contributed by atoms with E-state index in [0.29, 0.717) is 22.5 Å². The molecule has 0 saturated heterocycles. The van der Waals surface area contributed by atoms with E-state index >= 15 is 0 Å². The van der Waals surface area contributed by atoms with Crippen LogP contribution in [0, 0.1) is 19.7 Å². The van der Waals surface area contributed by atoms with Gasteiger partial charge in [-0.3, -0.25) is 9.48 Å². The van der Waals surface area contributed by atoms with E-state index in [-0.39, 0.29) is 11.7 Å². The highest BCUT2D eigenvalue weighted by atomic mass is 32.1. The molecule has 0 spiro atoms. The van der Waals surface area contributed by atoms with Crippen LogP contribution in [0.2, 0.25) is 0 Å². The van der Waals surface area contributed by atoms with Crippen molar-refractivity contribution in [1.29, 1.82) is 0 Å². The van der Waals surface area contributed by atoms with Crippen molar-refractivity contribution in [3.05, 3.63) is 64.4 Å². The number of benzene rings is 1. The average Bonchev–Trinajstić information content (AvgIpc) is 3.26. The standard InChI is InChI=1S/C20H17FN4OS/c1-11-9-13(21)6-7-15(11)23-20(26)14-10-16(17-5-4-8-27-17)22-19-18(14)12(2)24-25(19)3/h4-10H,1-3H3,(H,23,26). The van der Waals surface area contributed by atoms with Crippen molar-refractivity contribution in [2.75, 3.05) is 5.32 Å². The third kappa shape index (κ3) is 3.10. The van der Waals surface area contributed by atoms with Gasteiger partial charge in [-0.25, -0.2) is 9.37 Å². The molecule has 1 aromatic carbocycles. The van der Waals surface area contributed by atoms with Crippen LogP contribution in [0.4, 0.5) is 10.1 Å². The van der Waals surface area contributed by atoms with Gasteiger partial charge in [-0.15, -0.1) is 11.3 Å². The molecule has 0 aliphatic carbocycles. The summed E-state index contributed by atoms with van der Waals surface area (Å²) < 4.78 is 15.0. The van der Waals surface area contributed by atoms with E-state index in [1.165, 1.54) is 12.1 Å². The molecular weight excluding hydrogens is 363 g/mol. The molecule has 0 aliphatic heterocycles. The van der Waals surface area contributed by atoms with Crippen LogP contribution in [-0.4, -0.2) is 20.7 Å². The Hall–Kier alpha value is -3.06. The van der Waals surface area contributed by atoms with Crippen LogP contribution in [0.5, 0.6) is 0 Å². The molecule has 1 amide bonds. The molecule has 0 atom stereocenters. The second kappa shape index (κ2) is 6.59. The summed E-state index contributed by atoms with van der Waals surface area (Å²) >= 11 is 1.56. The highest BCUT2D eigenvalue weighted by Gasteiger charge is 2.20. The van der Waals surface area contributed by atoms with Gasteiger partial charge < -0.3 is 5.32 Å². The number of carbonyl (C=O) groups excluding carboxylic acids is 1. The topological polar surface area (TPSA) is 59.8 Å². The fraction of sp³-hybridized carbons (Fsp3) is 0.150. The van der Waals surface area contributed by atoms with Crippen LogP contribution < -0.4 is 5.32 Å². The van der Waals surface area contributed by atoms with Crippen LogP contribution in [0.3, 0.4) is 0 Å². The number of nitrogens with zero attached hydrogens (tertiary/aromatic N) is 3. The molecular formula is C20H17FN4OS. The van der Waals surface area contributed by atoms with Crippen molar-refractivity contribution in [1.82, 2.24) is 14.8 Å². The molecule has 136 valence electrons. The van der Waals surface area contributed by atoms with Gasteiger partial charge in [0.05, 0.1) is 27.2 Å². The molecule has 0 unspecified atom stereocenters. The number of thiophene rings is 1. The van der Waals surface area contributed by atoms with E-state index in [2.05, 4.69) is 10.4 Å². The molecule has 7 heteroatoms. The fourth-order valence-electron chi connectivity index (χ4n) is 3.13. The smallest absolute Gasteiger partial charge is 0.256 e. The molecule has 0 bridgehead atoms. The number of halogens is 1. The molecule has 0 fully saturated rings. The number of hydrogen-bond donors (Lipinski definition) is 1. The van der Waals surface area contributed by atoms with Crippen molar-refractivity contribution in [3.8, 4) is 10.6 Å². The summed E-state index contributed by atoms with van der Waals surface area (Å²) in [5.74, 6) is -0.606. The van der Waals surface area contributed by atoms with Crippen molar-refractivity contribution in [2.45, 2.75) is 13.8 Å². The number of carbonyl (C=O) groups is 1. The lowest BCUT2D eigenvalue weighted by molar-refractivity contribution is 0.102. The minimum atomic E-state index is -0.333. The van der Waals surface area contributed by atoms with Crippen LogP contribution in [0.25, 0.3) is 21.6 Å². The van der Waals surface area contributed by atoms with E-state index in [1.54, 1.807) is 35.1 Å². The first kappa shape index (κ1) is 17.4. The summed E-state index contributed by atoms with van der Waals surface area (Å²) in [6, 6.07) is 9.99. The molecule has 4 aromatic rings. The van der Waals surface area contributed by atoms with Gasteiger partial charge >= 0.3 is 0 Å². The molecule has 5 nitrogen and oxygen atoms in total. The lowest BCUT2D eigenvalue weighted by Crippen LogP contribution is -2.14. The predicted octanol–water partition coefficient (Wildman–Crippen LogP) is 4.71. The van der Waals surface area contributed by atoms with Crippen LogP contribution in [-0.2, 0) is 7.05 Å². The number of pyridine rings is 1. The second-order valence-electron chi connectivity index (χ2n) is 6.35. The largest absolute Gasteiger partial charge is 0.322 e. The fourth-order valence-corrected chi connectivity index (χ4v) is 3.82. The first-order valence-electron chi connectivity index (χ1n) is 8.40. The summed E-state index contributed by atoms with van der Waals surface area (Å²) in [6.45, 7) is 3.61. The minimum absolute atomic E-state index is 0.272. The lowest BCUT2D eigenvalue weighted by Gasteiger charge is -2.11. The Morgan fingerprint density at radius 2 is 2.04 bits per heavy atom. The summed E-state index contributed by atoms with van der Waals surface area (Å²) in [7, 11) is 1.81. The van der Waals surface area contributed by atoms with Gasteiger partial charge in [-0.05, 0) is 55.1 Å². The maximum absolute atomic E-state index is 13.4. The Kier molecular flexibility index (Phi) is 4.24. The van der Waals surface area contributed by atoms with Crippen LogP contribution >= 0.6 is 11.3 Å². The summed E-state index contributed by atoms with van der Waals surface area (Å²) in [5, 5.41) is 9.99. The molecule has 3 heterocycles. The average molecular weight is 380 g/mol. The van der Waals surface area contributed by atoms with Crippen molar-refractivity contribution < 1.29 is 9.18 Å². The van der Waals surface area contributed by atoms with Crippen molar-refractivity contribution >= 4 is 34.0 Å². The Labute approximate surface area is 159 Å². The van der Waals surface area contributed by atoms with Crippen LogP contribution in [0.1, 0.15) is 21.6 Å². The van der Waals surface area contributed by atoms with Gasteiger partial charge in [0.1, 0.15) is 5.82 Å². The van der Waals surface area contributed by atoms with Gasteiger partial charge in [0.15, 0.2) is 5.65 Å². The minimum Gasteiger partial charge on any atom is -0.322 e. The third-order valence-electron chi connectivity index (χ3n) is 4.42. The van der Waals surface area contributed by atoms with E-state index in [1.807, 2.05) is 31.5 Å². The number of anilines is 1. The third-order valence-corrected chi connectivity index (χ3v) is 5.32. The summed E-state index contributed by atoms with van der Waals surface area (Å²) in [5.41, 5.74) is 3.85. The second-order valence-corrected chi connectivity index (χ2v) is 7.30. The Balaban J connectivity index is 1.85. The zero-order chi connectivity index (χ0) is 19.1. The first-order chi connectivity index (χ1) is 12.9. The highest BCUT2D eigenvalue weighted by Crippen LogP contribution is 2.30. The van der Waals surface area contributed by atoms with Crippen LogP contribution in [0.15, 0.2) is 41.8 Å². The van der Waals surface area contributed by atoms with Gasteiger partial charge in [-0.2, -0.15) is 5.10 Å². The first-order valence-corrected chi connectivity index (χ1v) is 9.27. The van der Waals surface area contributed by atoms with E-state index in [4.69, 9.17) is 4.98 Å². The molecule has 3 aromatic heterocycles. The molecule has 0 aliphatic rings. The molecule has 0 saturated carbocycles. The Morgan fingerprint density at radius 1 is 1.22 bits per heavy atom. The molecule has 4 rings (SSSR count). The van der Waals surface area contributed by atoms with Gasteiger partial charge in [0, 0.05) is 12.7 Å². The normalized spacial score (nSPS) is 11.1. The zero-order valence-corrected chi connectivity index (χ0v) is 15.9. The number of amides is 1. The maximum Gasteiger partial charge on any atom is 0.256 e. The van der Waals surface area contributed by atoms with E-state index in [0.717, 1.165) is 21.7 Å². The summed E-state index contributed by atoms with van der Waals surface area (Å²) in [6.07, 6.45) is 0. The predicted molar refractivity (Wildman–Crippen MR) is 106 cm³/mol. The number of fused-ring (bicyclic) bond motifs is 1. The lowest BCUT2D eigenvalue weighted by atomic mass is 10.1. The van der Waals surface area contributed by atoms with Crippen molar-refractivity contribution in [3.63, 3.8) is 0 Å². The monoisotopic (exact) mass is 380 g/mol. The van der Waals surface area contributed by atoms with Gasteiger partial charge in [0.25, 0.3) is 5.91 Å². The zero-order valence-electron chi connectivity index (χ0n) is 15.1. The van der Waals surface area contributed by atoms with E-state index in [9.17, 15) is 9.18 Å². The number of nitrogens with one attached hydrogen (secondary N) is 1. The Bertz CT molecular complexity index is 1160. The highest BCUT2D eigenvalue weighted by molar-refractivity contribution is 7.13. The molecule has 0 radical (unpaired) electrons. The Morgan fingerprint density at radius 3 is 2.74 bits per heavy atom. The van der Waals surface area contributed by atoms with Gasteiger partial charge in [0.2, 0.25) is 0 Å². The van der Waals surface area contributed by atoms with Gasteiger partial charge in [-0.1, -0.05) is 6.07 Å². The summed E-state index contributed by atoms with van der Waals surface area (Å²) in [4.78, 5) is 18.8. The number of aryl methyl sites for hydroxylation is 3. The molecule has 27 heavy (non-hydrogen) atoms. The number of hydrogen-bond acceptors (Lipinski definition) is 4. The number of rotatable bonds is 3. The maximum atomic E-state index is 13.4. The quantitative estimate of drug-likeness (QED) is 0.560. The van der Waals surface area contributed by atoms with E-state index < -0.39 is 0 Å². The number of aromatic nitrogens is 3. The SMILES string of the molecule is Cc1cc(F)ccc1NC(=O)c1cc(-c2cccs2)nc2c1c(C)nn2C. The molecule has 1 N–H and O–H groups in total. The van der Waals surface area contributed by atoms with Crippen molar-refractivity contribution in [2.24, 2.45) is 7.05 Å².